The summed E-state index contributed by atoms with van der Waals surface area (Å²) in [6, 6.07) is 9.00. The van der Waals surface area contributed by atoms with E-state index in [1.54, 1.807) is 81.6 Å². The fraction of sp³-hybridized carbons (Fsp3) is 0.492. The minimum Gasteiger partial charge on any atom is -0.481 e. The number of benzene rings is 3. The number of H-pyrrole nitrogens is 1. The van der Waals surface area contributed by atoms with E-state index in [4.69, 9.17) is 10.5 Å². The number of rotatable bonds is 26. The van der Waals surface area contributed by atoms with Crippen molar-refractivity contribution >= 4 is 86.5 Å². The Morgan fingerprint density at radius 2 is 1.32 bits per heavy atom. The number of carbonyl (C=O) groups is 11. The molecule has 8 atom stereocenters. The van der Waals surface area contributed by atoms with Crippen molar-refractivity contribution in [2.75, 3.05) is 6.54 Å². The molecule has 14 N–H and O–H groups in total. The highest BCUT2D eigenvalue weighted by Gasteiger charge is 2.36. The molecule has 1 aromatic heterocycles. The lowest BCUT2D eigenvalue weighted by molar-refractivity contribution is -0.141. The van der Waals surface area contributed by atoms with Gasteiger partial charge in [-0.1, -0.05) is 100 Å². The number of ether oxygens (including phenoxy) is 1. The van der Waals surface area contributed by atoms with Gasteiger partial charge in [-0.15, -0.1) is 0 Å². The van der Waals surface area contributed by atoms with E-state index in [-0.39, 0.29) is 76.5 Å². The first-order valence-corrected chi connectivity index (χ1v) is 31.2. The van der Waals surface area contributed by atoms with E-state index in [1.807, 2.05) is 13.8 Å². The largest absolute Gasteiger partial charge is 0.481 e. The summed E-state index contributed by atoms with van der Waals surface area (Å²) in [6.07, 6.45) is 0.696. The van der Waals surface area contributed by atoms with Gasteiger partial charge in [-0.05, 0) is 94.2 Å². The maximum Gasteiger partial charge on any atom is 0.446 e. The second kappa shape index (κ2) is 34.6. The molecule has 2 heterocycles. The molecular weight excluding hydrogens is 1190 g/mol. The van der Waals surface area contributed by atoms with Crippen molar-refractivity contribution in [3.8, 4) is 5.75 Å². The number of carbonyl (C=O) groups excluding carboxylic acids is 10. The summed E-state index contributed by atoms with van der Waals surface area (Å²) in [6.45, 7) is 8.52. The zero-order chi connectivity index (χ0) is 66.1. The van der Waals surface area contributed by atoms with Crippen LogP contribution in [0.3, 0.4) is 0 Å². The number of amides is 10. The zero-order valence-corrected chi connectivity index (χ0v) is 51.8. The maximum absolute atomic E-state index is 14.9. The molecule has 490 valence electrons. The lowest BCUT2D eigenvalue weighted by atomic mass is 10.0. The normalized spacial score (nSPS) is 18.6. The molecule has 90 heavy (non-hydrogen) atoms. The molecule has 29 heteroatoms. The van der Waals surface area contributed by atoms with Gasteiger partial charge in [0.1, 0.15) is 59.7 Å². The number of aromatic amines is 1. The molecule has 1 fully saturated rings. The van der Waals surface area contributed by atoms with Gasteiger partial charge in [0, 0.05) is 49.3 Å². The van der Waals surface area contributed by atoms with Crippen LogP contribution < -0.4 is 57.8 Å². The third kappa shape index (κ3) is 24.5. The molecule has 3 aromatic carbocycles. The summed E-state index contributed by atoms with van der Waals surface area (Å²) in [4.78, 5) is 155. The first-order valence-electron chi connectivity index (χ1n) is 29.9. The molecule has 3 unspecified atom stereocenters. The molecule has 28 nitrogen and oxygen atoms in total. The van der Waals surface area contributed by atoms with E-state index in [0.717, 1.165) is 0 Å². The van der Waals surface area contributed by atoms with E-state index >= 15 is 0 Å². The molecule has 1 aliphatic heterocycles. The van der Waals surface area contributed by atoms with Crippen LogP contribution in [-0.2, 0) is 82.3 Å². The summed E-state index contributed by atoms with van der Waals surface area (Å²) < 4.78 is 42.0. The molecule has 0 saturated carbocycles. The third-order valence-corrected chi connectivity index (χ3v) is 14.8. The predicted molar refractivity (Wildman–Crippen MR) is 328 cm³/mol. The van der Waals surface area contributed by atoms with Gasteiger partial charge in [0.15, 0.2) is 0 Å². The zero-order valence-electron chi connectivity index (χ0n) is 51.0. The summed E-state index contributed by atoms with van der Waals surface area (Å²) in [5.74, 6) is -9.66. The summed E-state index contributed by atoms with van der Waals surface area (Å²) in [5.41, 5.74) is 6.83. The van der Waals surface area contributed by atoms with Crippen LogP contribution in [0.15, 0.2) is 85.1 Å². The first kappa shape index (κ1) is 71.6. The third-order valence-electron chi connectivity index (χ3n) is 14.4. The van der Waals surface area contributed by atoms with Crippen LogP contribution in [0.4, 0.5) is 4.79 Å². The molecular formula is C61H83N11O17S. The fourth-order valence-electron chi connectivity index (χ4n) is 9.75. The predicted octanol–water partition coefficient (Wildman–Crippen LogP) is 2.09. The van der Waals surface area contributed by atoms with Gasteiger partial charge in [0.2, 0.25) is 53.2 Å². The molecule has 1 aliphatic rings. The van der Waals surface area contributed by atoms with Crippen molar-refractivity contribution in [1.82, 2.24) is 52.8 Å². The van der Waals surface area contributed by atoms with E-state index < -0.39 is 136 Å². The Morgan fingerprint density at radius 1 is 0.700 bits per heavy atom. The Balaban J connectivity index is 1.47. The van der Waals surface area contributed by atoms with Crippen molar-refractivity contribution in [3.63, 3.8) is 0 Å². The smallest absolute Gasteiger partial charge is 0.446 e. The lowest BCUT2D eigenvalue weighted by Gasteiger charge is -2.28. The van der Waals surface area contributed by atoms with Gasteiger partial charge in [-0.25, -0.2) is 4.79 Å². The molecule has 0 spiro atoms. The molecule has 5 rings (SSSR count). The van der Waals surface area contributed by atoms with Crippen molar-refractivity contribution in [2.24, 2.45) is 5.73 Å². The van der Waals surface area contributed by atoms with Crippen molar-refractivity contribution in [3.05, 3.63) is 102 Å². The van der Waals surface area contributed by atoms with Crippen LogP contribution in [-0.4, -0.2) is 149 Å². The van der Waals surface area contributed by atoms with Crippen LogP contribution in [0, 0.1) is 0 Å². The number of para-hydroxylation sites is 1. The van der Waals surface area contributed by atoms with Crippen LogP contribution in [0.5, 0.6) is 5.75 Å². The summed E-state index contributed by atoms with van der Waals surface area (Å²) in [7, 11) is -4.91. The molecule has 0 bridgehead atoms. The summed E-state index contributed by atoms with van der Waals surface area (Å²) in [5, 5.41) is 34.2. The number of alkyl carbamates (subject to hydrolysis) is 1. The second-order valence-electron chi connectivity index (χ2n) is 22.9. The highest BCUT2D eigenvalue weighted by Crippen LogP contribution is 2.21. The number of carboxylic acid groups (broad SMARTS) is 1. The standard InChI is InChI=1S/C61H83N11O17S/c1-6-8-20-42-53(77)65-44(23-15-16-30-63-50(73)29-28-45(72-60(84)88-61(3,4)5)56(80)69-47(57(81)66-42)32-37-24-26-39(27-25-37)89-90(85,86)87)55(79)70-48(33-38-35-64-41-22-14-13-19-40(38)41)58(82)67-43(21-9-7-2)54(78)71-49(34-51(74)75)59(83)68-46(52(62)76)31-36-17-11-10-12-18-36/h10-14,17-19,22,24-27,35,42-49,64H,6-9,15-16,20-21,23,28-34H2,1-5H3,(H2,62,76)(H,63,73)(H,65,77)(H,66,81)(H,67,82)(H,68,83)(H,69,80)(H,70,79)(H,71,78)(H,72,84)(H,74,75)(H,85,86,87)/t42?,43-,44?,45?,46-,47-,48-,49-/m0/s1. The molecule has 4 aromatic rings. The number of unbranched alkanes of at least 4 members (excludes halogenated alkanes) is 2. The number of hydrogen-bond donors (Lipinski definition) is 13. The fourth-order valence-corrected chi connectivity index (χ4v) is 10.1. The average molecular weight is 1270 g/mol. The van der Waals surface area contributed by atoms with Gasteiger partial charge < -0.3 is 72.6 Å². The molecule has 1 saturated heterocycles. The van der Waals surface area contributed by atoms with Gasteiger partial charge in [0.05, 0.1) is 6.42 Å². The average Bonchev–Trinajstić information content (AvgIpc) is 4.05. The number of nitrogens with two attached hydrogens (primary N) is 1. The Kier molecular flexibility index (Phi) is 27.5. The minimum absolute atomic E-state index is 0.0147. The SMILES string of the molecule is CCCCC1NC(=O)[C@H](Cc2ccc(OS(=O)(=O)O)cc2)NC(=O)C(NC(=O)OC(C)(C)C)CCC(=O)NCCCCC(C(=O)N[C@@H](Cc2c[nH]c3ccccc23)C(=O)N[C@@H](CCCC)C(=O)N[C@@H](CC(=O)O)C(=O)N[C@@H](Cc2ccccc2)C(N)=O)NC1=O. The maximum atomic E-state index is 14.9. The van der Waals surface area contributed by atoms with Gasteiger partial charge in [-0.3, -0.25) is 52.5 Å². The number of nitrogens with one attached hydrogen (secondary N) is 10. The van der Waals surface area contributed by atoms with Gasteiger partial charge >= 0.3 is 22.5 Å². The number of fused-ring (bicyclic) bond motifs is 1. The van der Waals surface area contributed by atoms with Crippen molar-refractivity contribution in [2.45, 2.75) is 185 Å². The Labute approximate surface area is 521 Å². The number of aromatic nitrogens is 1. The molecule has 0 aliphatic carbocycles. The first-order chi connectivity index (χ1) is 42.6. The Hall–Kier alpha value is -9.12. The highest BCUT2D eigenvalue weighted by atomic mass is 32.3. The van der Waals surface area contributed by atoms with E-state index in [2.05, 4.69) is 57.0 Å². The number of primary amides is 1. The van der Waals surface area contributed by atoms with Gasteiger partial charge in [-0.2, -0.15) is 8.42 Å². The number of carboxylic acids is 1. The van der Waals surface area contributed by atoms with Crippen LogP contribution >= 0.6 is 0 Å². The van der Waals surface area contributed by atoms with Gasteiger partial charge in [0.25, 0.3) is 0 Å². The second-order valence-corrected chi connectivity index (χ2v) is 23.9. The highest BCUT2D eigenvalue weighted by molar-refractivity contribution is 7.81. The molecule has 0 radical (unpaired) electrons. The number of aliphatic carboxylic acids is 1. The molecule has 10 amide bonds. The van der Waals surface area contributed by atoms with E-state index in [9.17, 15) is 70.8 Å². The van der Waals surface area contributed by atoms with Crippen LogP contribution in [0.25, 0.3) is 10.9 Å². The lowest BCUT2D eigenvalue weighted by Crippen LogP contribution is -2.61. The Morgan fingerprint density at radius 3 is 1.98 bits per heavy atom. The van der Waals surface area contributed by atoms with E-state index in [1.165, 1.54) is 24.3 Å². The summed E-state index contributed by atoms with van der Waals surface area (Å²) >= 11 is 0. The monoisotopic (exact) mass is 1270 g/mol. The van der Waals surface area contributed by atoms with Crippen molar-refractivity contribution < 1.29 is 79.7 Å². The quantitative estimate of drug-likeness (QED) is 0.0400. The minimum atomic E-state index is -4.91. The Bertz CT molecular complexity index is 3270. The van der Waals surface area contributed by atoms with E-state index in [0.29, 0.717) is 53.3 Å². The topological polar surface area (TPSA) is 431 Å². The van der Waals surface area contributed by atoms with Crippen LogP contribution in [0.2, 0.25) is 0 Å². The number of hydrogen-bond acceptors (Lipinski definition) is 15. The van der Waals surface area contributed by atoms with Crippen molar-refractivity contribution in [1.29, 1.82) is 0 Å². The van der Waals surface area contributed by atoms with Crippen LogP contribution in [0.1, 0.15) is 128 Å².